The van der Waals surface area contributed by atoms with Gasteiger partial charge in [0.15, 0.2) is 0 Å². The average Bonchev–Trinajstić information content (AvgIpc) is 3.15. The summed E-state index contributed by atoms with van der Waals surface area (Å²) in [7, 11) is 0. The molecule has 19 heavy (non-hydrogen) atoms. The van der Waals surface area contributed by atoms with Crippen molar-refractivity contribution in [3.63, 3.8) is 0 Å². The largest absolute Gasteiger partial charge is 0.480 e. The van der Waals surface area contributed by atoms with Crippen molar-refractivity contribution in [2.45, 2.75) is 25.3 Å². The first-order valence-corrected chi connectivity index (χ1v) is 6.72. The van der Waals surface area contributed by atoms with E-state index in [-0.39, 0.29) is 15.6 Å². The molecule has 1 aromatic rings. The maximum absolute atomic E-state index is 12.0. The van der Waals surface area contributed by atoms with E-state index in [0.29, 0.717) is 12.3 Å². The zero-order chi connectivity index (χ0) is 14.0. The number of hydrogen-bond acceptors (Lipinski definition) is 2. The standard InChI is InChI=1S/C13H13Cl2NO3/c14-9-3-1-2-8(11(9)15)12(17)16-10(13(18)19)6-7-4-5-7/h1-3,7,10H,4-6H2,(H,16,17)(H,18,19). The minimum absolute atomic E-state index is 0.136. The quantitative estimate of drug-likeness (QED) is 0.878. The number of aliphatic carboxylic acids is 1. The average molecular weight is 302 g/mol. The van der Waals surface area contributed by atoms with Crippen molar-refractivity contribution >= 4 is 35.1 Å². The van der Waals surface area contributed by atoms with Gasteiger partial charge in [-0.05, 0) is 24.5 Å². The van der Waals surface area contributed by atoms with Gasteiger partial charge < -0.3 is 10.4 Å². The number of carboxylic acids is 1. The highest BCUT2D eigenvalue weighted by Crippen LogP contribution is 2.33. The first-order chi connectivity index (χ1) is 8.99. The molecule has 0 heterocycles. The van der Waals surface area contributed by atoms with Crippen molar-refractivity contribution in [3.05, 3.63) is 33.8 Å². The Bertz CT molecular complexity index is 515. The fraction of sp³-hybridized carbons (Fsp3) is 0.385. The molecule has 0 radical (unpaired) electrons. The van der Waals surface area contributed by atoms with Crippen LogP contribution in [0.25, 0.3) is 0 Å². The molecule has 1 saturated carbocycles. The van der Waals surface area contributed by atoms with Crippen LogP contribution in [0.4, 0.5) is 0 Å². The fourth-order valence-corrected chi connectivity index (χ4v) is 2.21. The molecule has 1 fully saturated rings. The Hall–Kier alpha value is -1.26. The van der Waals surface area contributed by atoms with Crippen molar-refractivity contribution in [2.75, 3.05) is 0 Å². The summed E-state index contributed by atoms with van der Waals surface area (Å²) in [6, 6.07) is 3.80. The highest BCUT2D eigenvalue weighted by molar-refractivity contribution is 6.43. The molecule has 6 heteroatoms. The minimum atomic E-state index is -1.03. The molecule has 1 amide bonds. The molecule has 1 aliphatic rings. The SMILES string of the molecule is O=C(NC(CC1CC1)C(=O)O)c1cccc(Cl)c1Cl. The highest BCUT2D eigenvalue weighted by Gasteiger charge is 2.30. The monoisotopic (exact) mass is 301 g/mol. The van der Waals surface area contributed by atoms with E-state index in [2.05, 4.69) is 5.32 Å². The zero-order valence-corrected chi connectivity index (χ0v) is 11.5. The third kappa shape index (κ3) is 3.61. The molecule has 2 N–H and O–H groups in total. The summed E-state index contributed by atoms with van der Waals surface area (Å²) in [6.45, 7) is 0. The van der Waals surface area contributed by atoms with Gasteiger partial charge in [0.05, 0.1) is 15.6 Å². The number of nitrogens with one attached hydrogen (secondary N) is 1. The number of amides is 1. The van der Waals surface area contributed by atoms with Crippen LogP contribution in [0, 0.1) is 5.92 Å². The molecule has 0 spiro atoms. The first-order valence-electron chi connectivity index (χ1n) is 5.96. The van der Waals surface area contributed by atoms with Crippen molar-refractivity contribution in [1.29, 1.82) is 0 Å². The Labute approximate surface area is 120 Å². The van der Waals surface area contributed by atoms with Gasteiger partial charge in [-0.1, -0.05) is 42.1 Å². The fourth-order valence-electron chi connectivity index (χ4n) is 1.82. The Morgan fingerprint density at radius 2 is 2.05 bits per heavy atom. The van der Waals surface area contributed by atoms with Crippen molar-refractivity contribution in [3.8, 4) is 0 Å². The second kappa shape index (κ2) is 5.80. The van der Waals surface area contributed by atoms with Gasteiger partial charge in [-0.3, -0.25) is 4.79 Å². The van der Waals surface area contributed by atoms with Crippen LogP contribution in [0.15, 0.2) is 18.2 Å². The number of benzene rings is 1. The van der Waals surface area contributed by atoms with Crippen LogP contribution in [-0.2, 0) is 4.79 Å². The van der Waals surface area contributed by atoms with Crippen LogP contribution in [0.1, 0.15) is 29.6 Å². The lowest BCUT2D eigenvalue weighted by molar-refractivity contribution is -0.139. The van der Waals surface area contributed by atoms with Crippen LogP contribution in [0.2, 0.25) is 10.0 Å². The van der Waals surface area contributed by atoms with E-state index in [4.69, 9.17) is 28.3 Å². The van der Waals surface area contributed by atoms with Gasteiger partial charge in [-0.2, -0.15) is 0 Å². The predicted octanol–water partition coefficient (Wildman–Crippen LogP) is 2.98. The number of carboxylic acid groups (broad SMARTS) is 1. The van der Waals surface area contributed by atoms with Crippen LogP contribution in [0.5, 0.6) is 0 Å². The molecule has 4 nitrogen and oxygen atoms in total. The van der Waals surface area contributed by atoms with Crippen molar-refractivity contribution in [1.82, 2.24) is 5.32 Å². The lowest BCUT2D eigenvalue weighted by Crippen LogP contribution is -2.41. The number of hydrogen-bond donors (Lipinski definition) is 2. The summed E-state index contributed by atoms with van der Waals surface area (Å²) in [5.41, 5.74) is 0.191. The van der Waals surface area contributed by atoms with Crippen molar-refractivity contribution < 1.29 is 14.7 Å². The summed E-state index contributed by atoms with van der Waals surface area (Å²) < 4.78 is 0. The summed E-state index contributed by atoms with van der Waals surface area (Å²) >= 11 is 11.8. The molecular formula is C13H13Cl2NO3. The summed E-state index contributed by atoms with van der Waals surface area (Å²) in [6.07, 6.45) is 2.51. The van der Waals surface area contributed by atoms with Crippen LogP contribution >= 0.6 is 23.2 Å². The summed E-state index contributed by atoms with van der Waals surface area (Å²) in [4.78, 5) is 23.1. The lowest BCUT2D eigenvalue weighted by Gasteiger charge is -2.14. The molecule has 1 atom stereocenters. The van der Waals surface area contributed by atoms with Gasteiger partial charge in [-0.15, -0.1) is 0 Å². The van der Waals surface area contributed by atoms with E-state index >= 15 is 0 Å². The molecule has 2 rings (SSSR count). The molecule has 1 aromatic carbocycles. The third-order valence-electron chi connectivity index (χ3n) is 3.07. The van der Waals surface area contributed by atoms with E-state index in [1.807, 2.05) is 0 Å². The molecule has 1 unspecified atom stereocenters. The molecule has 0 aliphatic heterocycles. The van der Waals surface area contributed by atoms with Crippen LogP contribution in [-0.4, -0.2) is 23.0 Å². The second-order valence-electron chi connectivity index (χ2n) is 4.64. The number of rotatable bonds is 5. The second-order valence-corrected chi connectivity index (χ2v) is 5.43. The maximum Gasteiger partial charge on any atom is 0.326 e. The Balaban J connectivity index is 2.09. The van der Waals surface area contributed by atoms with E-state index in [1.165, 1.54) is 6.07 Å². The normalized spacial score (nSPS) is 15.9. The Kier molecular flexibility index (Phi) is 4.32. The lowest BCUT2D eigenvalue weighted by atomic mass is 10.1. The first kappa shape index (κ1) is 14.2. The number of carbonyl (C=O) groups excluding carboxylic acids is 1. The topological polar surface area (TPSA) is 66.4 Å². The molecule has 1 aliphatic carbocycles. The number of carbonyl (C=O) groups is 2. The Morgan fingerprint density at radius 1 is 1.37 bits per heavy atom. The van der Waals surface area contributed by atoms with Gasteiger partial charge >= 0.3 is 5.97 Å². The van der Waals surface area contributed by atoms with Crippen molar-refractivity contribution in [2.24, 2.45) is 5.92 Å². The van der Waals surface area contributed by atoms with Gasteiger partial charge in [0.25, 0.3) is 5.91 Å². The van der Waals surface area contributed by atoms with Crippen LogP contribution < -0.4 is 5.32 Å². The maximum atomic E-state index is 12.0. The van der Waals surface area contributed by atoms with Gasteiger partial charge in [0, 0.05) is 0 Å². The molecule has 0 bridgehead atoms. The third-order valence-corrected chi connectivity index (χ3v) is 3.88. The smallest absolute Gasteiger partial charge is 0.326 e. The van der Waals surface area contributed by atoms with Crippen LogP contribution in [0.3, 0.4) is 0 Å². The van der Waals surface area contributed by atoms with Gasteiger partial charge in [0.2, 0.25) is 0 Å². The molecule has 0 aromatic heterocycles. The van der Waals surface area contributed by atoms with E-state index in [0.717, 1.165) is 12.8 Å². The molecular weight excluding hydrogens is 289 g/mol. The zero-order valence-electron chi connectivity index (χ0n) is 10.0. The van der Waals surface area contributed by atoms with E-state index in [1.54, 1.807) is 12.1 Å². The summed E-state index contributed by atoms with van der Waals surface area (Å²) in [5, 5.41) is 12.0. The molecule has 102 valence electrons. The minimum Gasteiger partial charge on any atom is -0.480 e. The van der Waals surface area contributed by atoms with E-state index in [9.17, 15) is 9.59 Å². The van der Waals surface area contributed by atoms with E-state index < -0.39 is 17.9 Å². The number of halogens is 2. The summed E-state index contributed by atoms with van der Waals surface area (Å²) in [5.74, 6) is -1.14. The molecule has 0 saturated heterocycles. The van der Waals surface area contributed by atoms with Gasteiger partial charge in [-0.25, -0.2) is 4.79 Å². The Morgan fingerprint density at radius 3 is 2.63 bits per heavy atom. The van der Waals surface area contributed by atoms with Gasteiger partial charge in [0.1, 0.15) is 6.04 Å². The highest BCUT2D eigenvalue weighted by atomic mass is 35.5. The predicted molar refractivity (Wildman–Crippen MR) is 72.7 cm³/mol.